The van der Waals surface area contributed by atoms with Crippen molar-refractivity contribution in [3.05, 3.63) is 40.1 Å². The van der Waals surface area contributed by atoms with Crippen LogP contribution in [0.1, 0.15) is 35.9 Å². The predicted octanol–water partition coefficient (Wildman–Crippen LogP) is 2.94. The van der Waals surface area contributed by atoms with Crippen LogP contribution in [0, 0.1) is 0 Å². The molecule has 0 saturated carbocycles. The molecule has 0 atom stereocenters. The van der Waals surface area contributed by atoms with Crippen molar-refractivity contribution in [1.82, 2.24) is 15.4 Å². The van der Waals surface area contributed by atoms with Gasteiger partial charge in [-0.15, -0.1) is 0 Å². The van der Waals surface area contributed by atoms with E-state index in [1.807, 2.05) is 31.2 Å². The summed E-state index contributed by atoms with van der Waals surface area (Å²) in [6, 6.07) is 7.10. The molecule has 2 aromatic rings. The zero-order valence-electron chi connectivity index (χ0n) is 14.5. The fourth-order valence-corrected chi connectivity index (χ4v) is 3.44. The smallest absolute Gasteiger partial charge is 0.312 e. The Kier molecular flexibility index (Phi) is 5.61. The number of hydrogen-bond donors (Lipinski definition) is 2. The number of carbonyl (C=O) groups excluding carboxylic acids is 2. The van der Waals surface area contributed by atoms with Gasteiger partial charge in [0.1, 0.15) is 17.0 Å². The van der Waals surface area contributed by atoms with Crippen LogP contribution in [0.5, 0.6) is 0 Å². The number of hydrogen-bond acceptors (Lipinski definition) is 4. The number of aryl methyl sites for hydroxylation is 1. The Balaban J connectivity index is 1.82. The first kappa shape index (κ1) is 18.4. The summed E-state index contributed by atoms with van der Waals surface area (Å²) in [6.07, 6.45) is 1.94. The normalized spacial score (nSPS) is 15.1. The predicted molar refractivity (Wildman–Crippen MR) is 101 cm³/mol. The largest absolute Gasteiger partial charge is 0.360 e. The molecule has 1 saturated heterocycles. The summed E-state index contributed by atoms with van der Waals surface area (Å²) in [4.78, 5) is 25.9. The Morgan fingerprint density at radius 1 is 1.31 bits per heavy atom. The van der Waals surface area contributed by atoms with Gasteiger partial charge in [0, 0.05) is 35.6 Å². The summed E-state index contributed by atoms with van der Waals surface area (Å²) in [5.74, 6) is 0.504. The zero-order valence-corrected chi connectivity index (χ0v) is 16.1. The molecule has 7 nitrogen and oxygen atoms in total. The number of nitrogens with two attached hydrogens (primary N) is 1. The molecule has 1 aromatic heterocycles. The van der Waals surface area contributed by atoms with Gasteiger partial charge in [0.25, 0.3) is 5.91 Å². The zero-order chi connectivity index (χ0) is 18.7. The molecule has 0 bridgehead atoms. The van der Waals surface area contributed by atoms with Crippen LogP contribution in [0.15, 0.2) is 33.3 Å². The van der Waals surface area contributed by atoms with Crippen molar-refractivity contribution in [3.8, 4) is 11.3 Å². The Bertz CT molecular complexity index is 795. The highest BCUT2D eigenvalue weighted by Crippen LogP contribution is 2.29. The number of likely N-dealkylation sites (tertiary alicyclic amines) is 1. The second kappa shape index (κ2) is 7.90. The van der Waals surface area contributed by atoms with Crippen LogP contribution in [0.4, 0.5) is 4.79 Å². The van der Waals surface area contributed by atoms with E-state index < -0.39 is 6.03 Å². The number of primary amides is 1. The van der Waals surface area contributed by atoms with Gasteiger partial charge in [-0.2, -0.15) is 0 Å². The van der Waals surface area contributed by atoms with E-state index in [4.69, 9.17) is 10.3 Å². The lowest BCUT2D eigenvalue weighted by Gasteiger charge is -2.32. The standard InChI is InChI=1S/C18H21BrN4O3/c1-2-14-15(16(22-26-14)11-3-5-12(19)6-4-11)17(24)23-9-7-13(8-10-23)21-18(20)25/h3-6,13H,2,7-10H2,1H3,(H3,20,21,25). The fraction of sp³-hybridized carbons (Fsp3) is 0.389. The highest BCUT2D eigenvalue weighted by Gasteiger charge is 2.30. The number of benzene rings is 1. The highest BCUT2D eigenvalue weighted by molar-refractivity contribution is 9.10. The van der Waals surface area contributed by atoms with E-state index in [0.717, 1.165) is 10.0 Å². The molecule has 1 aromatic carbocycles. The van der Waals surface area contributed by atoms with E-state index in [9.17, 15) is 9.59 Å². The molecule has 1 aliphatic heterocycles. The molecule has 0 unspecified atom stereocenters. The Morgan fingerprint density at radius 3 is 2.54 bits per heavy atom. The van der Waals surface area contributed by atoms with Crippen LogP contribution in [0.3, 0.4) is 0 Å². The first-order valence-corrected chi connectivity index (χ1v) is 9.38. The molecule has 3 rings (SSSR count). The van der Waals surface area contributed by atoms with Crippen LogP contribution in [-0.2, 0) is 6.42 Å². The second-order valence-corrected chi connectivity index (χ2v) is 7.18. The molecule has 8 heteroatoms. The molecule has 1 aliphatic rings. The van der Waals surface area contributed by atoms with Gasteiger partial charge in [0.05, 0.1) is 0 Å². The summed E-state index contributed by atoms with van der Waals surface area (Å²) in [7, 11) is 0. The lowest BCUT2D eigenvalue weighted by molar-refractivity contribution is 0.0707. The number of aromatic nitrogens is 1. The van der Waals surface area contributed by atoms with Crippen molar-refractivity contribution >= 4 is 27.9 Å². The van der Waals surface area contributed by atoms with Crippen LogP contribution in [0.2, 0.25) is 0 Å². The number of piperidine rings is 1. The average molecular weight is 421 g/mol. The Morgan fingerprint density at radius 2 is 1.96 bits per heavy atom. The molecule has 2 heterocycles. The SMILES string of the molecule is CCc1onc(-c2ccc(Br)cc2)c1C(=O)N1CCC(NC(N)=O)CC1. The number of rotatable bonds is 4. The topological polar surface area (TPSA) is 101 Å². The van der Waals surface area contributed by atoms with Gasteiger partial charge in [-0.1, -0.05) is 40.1 Å². The van der Waals surface area contributed by atoms with Crippen molar-refractivity contribution in [2.45, 2.75) is 32.2 Å². The minimum atomic E-state index is -0.528. The molecule has 3 amide bonds. The average Bonchev–Trinajstić information content (AvgIpc) is 3.06. The van der Waals surface area contributed by atoms with Gasteiger partial charge in [-0.05, 0) is 25.0 Å². The van der Waals surface area contributed by atoms with Crippen molar-refractivity contribution < 1.29 is 14.1 Å². The number of carbonyl (C=O) groups is 2. The molecular formula is C18H21BrN4O3. The minimum absolute atomic E-state index is 0.00983. The van der Waals surface area contributed by atoms with Gasteiger partial charge < -0.3 is 20.5 Å². The molecule has 3 N–H and O–H groups in total. The quantitative estimate of drug-likeness (QED) is 0.793. The first-order valence-electron chi connectivity index (χ1n) is 8.59. The lowest BCUT2D eigenvalue weighted by Crippen LogP contribution is -2.48. The van der Waals surface area contributed by atoms with E-state index in [-0.39, 0.29) is 11.9 Å². The second-order valence-electron chi connectivity index (χ2n) is 6.26. The van der Waals surface area contributed by atoms with Crippen molar-refractivity contribution in [2.75, 3.05) is 13.1 Å². The molecular weight excluding hydrogens is 400 g/mol. The monoisotopic (exact) mass is 420 g/mol. The van der Waals surface area contributed by atoms with E-state index >= 15 is 0 Å². The molecule has 138 valence electrons. The van der Waals surface area contributed by atoms with E-state index in [0.29, 0.717) is 49.4 Å². The molecule has 26 heavy (non-hydrogen) atoms. The van der Waals surface area contributed by atoms with Crippen molar-refractivity contribution in [2.24, 2.45) is 5.73 Å². The van der Waals surface area contributed by atoms with Crippen LogP contribution in [-0.4, -0.2) is 41.1 Å². The summed E-state index contributed by atoms with van der Waals surface area (Å²) >= 11 is 3.41. The van der Waals surface area contributed by atoms with Gasteiger partial charge in [0.15, 0.2) is 0 Å². The van der Waals surface area contributed by atoms with E-state index in [1.165, 1.54) is 0 Å². The third kappa shape index (κ3) is 3.90. The van der Waals surface area contributed by atoms with Crippen LogP contribution < -0.4 is 11.1 Å². The maximum absolute atomic E-state index is 13.1. The maximum Gasteiger partial charge on any atom is 0.312 e. The summed E-state index contributed by atoms with van der Waals surface area (Å²) < 4.78 is 6.39. The summed E-state index contributed by atoms with van der Waals surface area (Å²) in [5.41, 5.74) is 7.10. The number of urea groups is 1. The van der Waals surface area contributed by atoms with E-state index in [2.05, 4.69) is 26.4 Å². The fourth-order valence-electron chi connectivity index (χ4n) is 3.18. The first-order chi connectivity index (χ1) is 12.5. The highest BCUT2D eigenvalue weighted by atomic mass is 79.9. The van der Waals surface area contributed by atoms with E-state index in [1.54, 1.807) is 4.90 Å². The van der Waals surface area contributed by atoms with Crippen LogP contribution >= 0.6 is 15.9 Å². The van der Waals surface area contributed by atoms with Crippen molar-refractivity contribution in [3.63, 3.8) is 0 Å². The third-order valence-corrected chi connectivity index (χ3v) is 5.07. The van der Waals surface area contributed by atoms with Gasteiger partial charge in [0.2, 0.25) is 0 Å². The molecule has 0 radical (unpaired) electrons. The number of halogens is 1. The minimum Gasteiger partial charge on any atom is -0.360 e. The maximum atomic E-state index is 13.1. The Hall–Kier alpha value is -2.35. The molecule has 0 spiro atoms. The molecule has 0 aliphatic carbocycles. The Labute approximate surface area is 160 Å². The lowest BCUT2D eigenvalue weighted by atomic mass is 10.0. The number of nitrogens with one attached hydrogen (secondary N) is 1. The third-order valence-electron chi connectivity index (χ3n) is 4.54. The number of amides is 3. The molecule has 1 fully saturated rings. The van der Waals surface area contributed by atoms with Crippen molar-refractivity contribution in [1.29, 1.82) is 0 Å². The van der Waals surface area contributed by atoms with Gasteiger partial charge in [-0.3, -0.25) is 4.79 Å². The van der Waals surface area contributed by atoms with Gasteiger partial charge in [-0.25, -0.2) is 4.79 Å². The summed E-state index contributed by atoms with van der Waals surface area (Å²) in [6.45, 7) is 3.04. The summed E-state index contributed by atoms with van der Waals surface area (Å²) in [5, 5.41) is 6.85. The van der Waals surface area contributed by atoms with Gasteiger partial charge >= 0.3 is 6.03 Å². The van der Waals surface area contributed by atoms with Crippen LogP contribution in [0.25, 0.3) is 11.3 Å². The number of nitrogens with zero attached hydrogens (tertiary/aromatic N) is 2.